The summed E-state index contributed by atoms with van der Waals surface area (Å²) in [5.74, 6) is 0.682. The molecule has 1 saturated heterocycles. The number of nitrogens with one attached hydrogen (secondary N) is 1. The number of carbonyl (C=O) groups is 2. The van der Waals surface area contributed by atoms with Crippen LogP contribution in [0, 0.1) is 0 Å². The fourth-order valence-corrected chi connectivity index (χ4v) is 3.44. The van der Waals surface area contributed by atoms with E-state index in [9.17, 15) is 9.59 Å². The average molecular weight is 391 g/mol. The Labute approximate surface area is 165 Å². The van der Waals surface area contributed by atoms with Gasteiger partial charge in [0.05, 0.1) is 31.4 Å². The number of carbonyl (C=O) groups excluding carboxylic acids is 2. The van der Waals surface area contributed by atoms with Gasteiger partial charge in [-0.2, -0.15) is 0 Å². The number of ether oxygens (including phenoxy) is 3. The SMILES string of the molecule is COCCNC(=O)c1ccc2c(c1)N(C)[C@@H](CC(=O)N1CCCOCC1)CO2. The molecule has 28 heavy (non-hydrogen) atoms. The predicted octanol–water partition coefficient (Wildman–Crippen LogP) is 0.899. The zero-order valence-electron chi connectivity index (χ0n) is 16.6. The zero-order valence-corrected chi connectivity index (χ0v) is 16.6. The Morgan fingerprint density at radius 2 is 2.14 bits per heavy atom. The molecule has 2 amide bonds. The zero-order chi connectivity index (χ0) is 19.9. The van der Waals surface area contributed by atoms with E-state index in [-0.39, 0.29) is 17.9 Å². The highest BCUT2D eigenvalue weighted by Crippen LogP contribution is 2.34. The summed E-state index contributed by atoms with van der Waals surface area (Å²) in [5, 5.41) is 2.82. The second-order valence-corrected chi connectivity index (χ2v) is 7.06. The Bertz CT molecular complexity index is 688. The van der Waals surface area contributed by atoms with E-state index in [4.69, 9.17) is 14.2 Å². The number of hydrogen-bond donors (Lipinski definition) is 1. The van der Waals surface area contributed by atoms with Gasteiger partial charge < -0.3 is 29.3 Å². The van der Waals surface area contributed by atoms with E-state index in [2.05, 4.69) is 5.32 Å². The molecule has 3 rings (SSSR count). The van der Waals surface area contributed by atoms with Crippen molar-refractivity contribution in [3.8, 4) is 5.75 Å². The number of amides is 2. The molecular weight excluding hydrogens is 362 g/mol. The largest absolute Gasteiger partial charge is 0.489 e. The van der Waals surface area contributed by atoms with Crippen molar-refractivity contribution in [2.24, 2.45) is 0 Å². The van der Waals surface area contributed by atoms with Crippen molar-refractivity contribution < 1.29 is 23.8 Å². The number of likely N-dealkylation sites (N-methyl/N-ethyl adjacent to an activating group) is 1. The highest BCUT2D eigenvalue weighted by Gasteiger charge is 2.29. The molecule has 0 radical (unpaired) electrons. The number of fused-ring (bicyclic) bond motifs is 1. The Kier molecular flexibility index (Phi) is 7.11. The molecule has 2 aliphatic rings. The van der Waals surface area contributed by atoms with E-state index >= 15 is 0 Å². The highest BCUT2D eigenvalue weighted by molar-refractivity contribution is 5.95. The van der Waals surface area contributed by atoms with Crippen molar-refractivity contribution in [3.05, 3.63) is 23.8 Å². The second-order valence-electron chi connectivity index (χ2n) is 7.06. The van der Waals surface area contributed by atoms with Gasteiger partial charge in [-0.1, -0.05) is 0 Å². The number of nitrogens with zero attached hydrogens (tertiary/aromatic N) is 2. The molecule has 1 aromatic carbocycles. The van der Waals surface area contributed by atoms with Crippen molar-refractivity contribution in [1.82, 2.24) is 10.2 Å². The third-order valence-corrected chi connectivity index (χ3v) is 5.16. The summed E-state index contributed by atoms with van der Waals surface area (Å²) in [5.41, 5.74) is 1.38. The second kappa shape index (κ2) is 9.75. The lowest BCUT2D eigenvalue weighted by Gasteiger charge is -2.36. The van der Waals surface area contributed by atoms with E-state index in [0.717, 1.165) is 24.4 Å². The number of rotatable bonds is 6. The molecule has 0 saturated carbocycles. The quantitative estimate of drug-likeness (QED) is 0.726. The number of methoxy groups -OCH3 is 1. The lowest BCUT2D eigenvalue weighted by atomic mass is 10.1. The Hall–Kier alpha value is -2.32. The smallest absolute Gasteiger partial charge is 0.251 e. The summed E-state index contributed by atoms with van der Waals surface area (Å²) in [6.07, 6.45) is 1.24. The summed E-state index contributed by atoms with van der Waals surface area (Å²) >= 11 is 0. The van der Waals surface area contributed by atoms with Crippen molar-refractivity contribution in [3.63, 3.8) is 0 Å². The van der Waals surface area contributed by atoms with Gasteiger partial charge in [0.15, 0.2) is 0 Å². The standard InChI is InChI=1S/C20H29N3O5/c1-22-16(13-19(24)23-7-3-9-27-11-8-23)14-28-18-5-4-15(12-17(18)22)20(25)21-6-10-26-2/h4-5,12,16H,3,6-11,13-14H2,1-2H3,(H,21,25)/t16-/m0/s1. The Morgan fingerprint density at radius 1 is 1.29 bits per heavy atom. The first-order chi connectivity index (χ1) is 13.6. The Morgan fingerprint density at radius 3 is 2.96 bits per heavy atom. The number of hydrogen-bond acceptors (Lipinski definition) is 6. The third-order valence-electron chi connectivity index (χ3n) is 5.16. The molecule has 154 valence electrons. The molecule has 1 atom stereocenters. The molecule has 0 aromatic heterocycles. The molecule has 2 aliphatic heterocycles. The van der Waals surface area contributed by atoms with E-state index in [0.29, 0.717) is 51.5 Å². The molecule has 8 heteroatoms. The van der Waals surface area contributed by atoms with Crippen LogP contribution < -0.4 is 15.0 Å². The maximum Gasteiger partial charge on any atom is 0.251 e. The molecule has 0 aliphatic carbocycles. The Balaban J connectivity index is 1.65. The van der Waals surface area contributed by atoms with Crippen molar-refractivity contribution in [2.75, 3.05) is 65.1 Å². The van der Waals surface area contributed by atoms with Gasteiger partial charge in [-0.05, 0) is 24.6 Å². The minimum atomic E-state index is -0.156. The summed E-state index contributed by atoms with van der Waals surface area (Å²) in [6.45, 7) is 4.03. The van der Waals surface area contributed by atoms with Crippen LogP contribution in [-0.2, 0) is 14.3 Å². The van der Waals surface area contributed by atoms with Gasteiger partial charge in [-0.3, -0.25) is 9.59 Å². The number of benzene rings is 1. The van der Waals surface area contributed by atoms with E-state index in [1.54, 1.807) is 19.2 Å². The monoisotopic (exact) mass is 391 g/mol. The minimum absolute atomic E-state index is 0.0732. The number of anilines is 1. The maximum atomic E-state index is 12.7. The van der Waals surface area contributed by atoms with Gasteiger partial charge in [0, 0.05) is 46.0 Å². The molecule has 0 bridgehead atoms. The maximum absolute atomic E-state index is 12.7. The minimum Gasteiger partial charge on any atom is -0.489 e. The van der Waals surface area contributed by atoms with E-state index < -0.39 is 0 Å². The van der Waals surface area contributed by atoms with Gasteiger partial charge in [0.1, 0.15) is 12.4 Å². The molecule has 1 fully saturated rings. The van der Waals surface area contributed by atoms with Crippen molar-refractivity contribution in [2.45, 2.75) is 18.9 Å². The molecule has 0 spiro atoms. The third kappa shape index (κ3) is 4.94. The fraction of sp³-hybridized carbons (Fsp3) is 0.600. The first-order valence-corrected chi connectivity index (χ1v) is 9.72. The molecule has 8 nitrogen and oxygen atoms in total. The van der Waals surface area contributed by atoms with E-state index in [1.807, 2.05) is 22.9 Å². The van der Waals surface area contributed by atoms with Gasteiger partial charge in [0.2, 0.25) is 5.91 Å². The molecule has 1 N–H and O–H groups in total. The molecule has 2 heterocycles. The fourth-order valence-electron chi connectivity index (χ4n) is 3.44. The summed E-state index contributed by atoms with van der Waals surface area (Å²) in [7, 11) is 3.54. The lowest BCUT2D eigenvalue weighted by Crippen LogP contribution is -2.45. The van der Waals surface area contributed by atoms with Crippen molar-refractivity contribution >= 4 is 17.5 Å². The van der Waals surface area contributed by atoms with Crippen LogP contribution in [0.4, 0.5) is 5.69 Å². The summed E-state index contributed by atoms with van der Waals surface area (Å²) < 4.78 is 16.3. The van der Waals surface area contributed by atoms with Crippen LogP contribution in [-0.4, -0.2) is 83.0 Å². The van der Waals surface area contributed by atoms with Crippen LogP contribution >= 0.6 is 0 Å². The molecular formula is C20H29N3O5. The lowest BCUT2D eigenvalue weighted by molar-refractivity contribution is -0.131. The van der Waals surface area contributed by atoms with Gasteiger partial charge >= 0.3 is 0 Å². The van der Waals surface area contributed by atoms with Crippen LogP contribution in [0.1, 0.15) is 23.2 Å². The van der Waals surface area contributed by atoms with Crippen molar-refractivity contribution in [1.29, 1.82) is 0 Å². The molecule has 0 unspecified atom stereocenters. The molecule has 1 aromatic rings. The average Bonchev–Trinajstić information content (AvgIpc) is 2.99. The summed E-state index contributed by atoms with van der Waals surface area (Å²) in [6, 6.07) is 5.29. The van der Waals surface area contributed by atoms with Crippen LogP contribution in [0.2, 0.25) is 0 Å². The normalized spacial score (nSPS) is 19.4. The van der Waals surface area contributed by atoms with Crippen LogP contribution in [0.3, 0.4) is 0 Å². The van der Waals surface area contributed by atoms with Gasteiger partial charge in [0.25, 0.3) is 5.91 Å². The van der Waals surface area contributed by atoms with E-state index in [1.165, 1.54) is 0 Å². The highest BCUT2D eigenvalue weighted by atomic mass is 16.5. The van der Waals surface area contributed by atoms with Gasteiger partial charge in [-0.15, -0.1) is 0 Å². The van der Waals surface area contributed by atoms with Crippen LogP contribution in [0.5, 0.6) is 5.75 Å². The van der Waals surface area contributed by atoms with Crippen LogP contribution in [0.25, 0.3) is 0 Å². The summed E-state index contributed by atoms with van der Waals surface area (Å²) in [4.78, 5) is 28.9. The first kappa shape index (κ1) is 20.4. The predicted molar refractivity (Wildman–Crippen MR) is 105 cm³/mol. The topological polar surface area (TPSA) is 80.3 Å². The van der Waals surface area contributed by atoms with Gasteiger partial charge in [-0.25, -0.2) is 0 Å². The van der Waals surface area contributed by atoms with Crippen LogP contribution in [0.15, 0.2) is 18.2 Å². The first-order valence-electron chi connectivity index (χ1n) is 9.72.